The van der Waals surface area contributed by atoms with E-state index < -0.39 is 0 Å². The summed E-state index contributed by atoms with van der Waals surface area (Å²) >= 11 is 0. The molecule has 0 aromatic carbocycles. The first-order valence-electron chi connectivity index (χ1n) is 6.67. The van der Waals surface area contributed by atoms with E-state index >= 15 is 0 Å². The predicted octanol–water partition coefficient (Wildman–Crippen LogP) is 3.93. The smallest absolute Gasteiger partial charge is 0.0208 e. The highest BCUT2D eigenvalue weighted by Gasteiger charge is 2.45. The van der Waals surface area contributed by atoms with Gasteiger partial charge in [-0.2, -0.15) is 0 Å². The minimum Gasteiger partial charge on any atom is -0.300 e. The Bertz CT molecular complexity index is 180. The van der Waals surface area contributed by atoms with Gasteiger partial charge in [0.25, 0.3) is 0 Å². The molecule has 1 aliphatic rings. The zero-order valence-electron chi connectivity index (χ0n) is 11.3. The van der Waals surface area contributed by atoms with Crippen LogP contribution in [0.1, 0.15) is 59.8 Å². The van der Waals surface area contributed by atoms with Gasteiger partial charge in [0.15, 0.2) is 0 Å². The lowest BCUT2D eigenvalue weighted by atomic mass is 10.0. The first-order valence-corrected chi connectivity index (χ1v) is 6.67. The summed E-state index contributed by atoms with van der Waals surface area (Å²) in [5.41, 5.74) is 0.610. The monoisotopic (exact) mass is 211 g/mol. The van der Waals surface area contributed by atoms with Crippen molar-refractivity contribution in [1.29, 1.82) is 0 Å². The van der Waals surface area contributed by atoms with Gasteiger partial charge in [0.2, 0.25) is 0 Å². The van der Waals surface area contributed by atoms with Gasteiger partial charge in [-0.15, -0.1) is 0 Å². The fourth-order valence-corrected chi connectivity index (χ4v) is 2.55. The molecule has 0 aromatic heterocycles. The molecule has 0 saturated heterocycles. The standard InChI is InChI=1S/C14H29N/c1-12(2)7-6-8-14(9-10-14)15(5)11-13(3)4/h12-13H,6-11H2,1-5H3. The van der Waals surface area contributed by atoms with Crippen molar-refractivity contribution in [1.82, 2.24) is 4.90 Å². The Morgan fingerprint density at radius 3 is 2.07 bits per heavy atom. The van der Waals surface area contributed by atoms with Crippen LogP contribution in [0.5, 0.6) is 0 Å². The molecule has 0 aliphatic heterocycles. The lowest BCUT2D eigenvalue weighted by molar-refractivity contribution is 0.182. The Kier molecular flexibility index (Phi) is 4.64. The van der Waals surface area contributed by atoms with Crippen LogP contribution in [0.3, 0.4) is 0 Å². The maximum atomic E-state index is 2.62. The Hall–Kier alpha value is -0.0400. The van der Waals surface area contributed by atoms with Crippen LogP contribution in [0.25, 0.3) is 0 Å². The number of hydrogen-bond acceptors (Lipinski definition) is 1. The van der Waals surface area contributed by atoms with Crippen LogP contribution in [0, 0.1) is 11.8 Å². The summed E-state index contributed by atoms with van der Waals surface area (Å²) in [5.74, 6) is 1.67. The van der Waals surface area contributed by atoms with Crippen LogP contribution in [0.4, 0.5) is 0 Å². The van der Waals surface area contributed by atoms with Crippen molar-refractivity contribution in [2.75, 3.05) is 13.6 Å². The van der Waals surface area contributed by atoms with Crippen LogP contribution in [-0.4, -0.2) is 24.0 Å². The Labute approximate surface area is 96.2 Å². The summed E-state index contributed by atoms with van der Waals surface area (Å²) in [5, 5.41) is 0. The third kappa shape index (κ3) is 4.14. The minimum absolute atomic E-state index is 0.610. The zero-order valence-corrected chi connectivity index (χ0v) is 11.3. The molecule has 0 amide bonds. The summed E-state index contributed by atoms with van der Waals surface area (Å²) in [7, 11) is 2.32. The molecule has 0 radical (unpaired) electrons. The largest absolute Gasteiger partial charge is 0.300 e. The number of rotatable bonds is 7. The van der Waals surface area contributed by atoms with E-state index in [1.165, 1.54) is 38.6 Å². The van der Waals surface area contributed by atoms with Crippen LogP contribution >= 0.6 is 0 Å². The van der Waals surface area contributed by atoms with E-state index in [1.54, 1.807) is 0 Å². The molecule has 1 fully saturated rings. The topological polar surface area (TPSA) is 3.24 Å². The molecule has 0 atom stereocenters. The second kappa shape index (κ2) is 5.34. The van der Waals surface area contributed by atoms with Gasteiger partial charge in [0.05, 0.1) is 0 Å². The third-order valence-electron chi connectivity index (χ3n) is 3.70. The fourth-order valence-electron chi connectivity index (χ4n) is 2.55. The van der Waals surface area contributed by atoms with Crippen LogP contribution in [0.15, 0.2) is 0 Å². The summed E-state index contributed by atoms with van der Waals surface area (Å²) in [6.45, 7) is 10.6. The van der Waals surface area contributed by atoms with Crippen LogP contribution in [-0.2, 0) is 0 Å². The molecule has 0 aromatic rings. The van der Waals surface area contributed by atoms with Crippen molar-refractivity contribution in [3.63, 3.8) is 0 Å². The average Bonchev–Trinajstić information content (AvgIpc) is 2.83. The maximum Gasteiger partial charge on any atom is 0.0208 e. The molecule has 1 aliphatic carbocycles. The molecule has 0 spiro atoms. The molecule has 0 N–H and O–H groups in total. The van der Waals surface area contributed by atoms with E-state index in [2.05, 4.69) is 39.6 Å². The van der Waals surface area contributed by atoms with E-state index in [4.69, 9.17) is 0 Å². The molecular weight excluding hydrogens is 182 g/mol. The van der Waals surface area contributed by atoms with Gasteiger partial charge in [-0.25, -0.2) is 0 Å². The summed E-state index contributed by atoms with van der Waals surface area (Å²) < 4.78 is 0. The van der Waals surface area contributed by atoms with Crippen molar-refractivity contribution in [2.45, 2.75) is 65.3 Å². The average molecular weight is 211 g/mol. The molecule has 0 heterocycles. The maximum absolute atomic E-state index is 2.62. The number of hydrogen-bond donors (Lipinski definition) is 0. The normalized spacial score (nSPS) is 19.2. The Morgan fingerprint density at radius 2 is 1.67 bits per heavy atom. The van der Waals surface area contributed by atoms with Crippen molar-refractivity contribution in [3.8, 4) is 0 Å². The third-order valence-corrected chi connectivity index (χ3v) is 3.70. The first-order chi connectivity index (χ1) is 6.96. The highest BCUT2D eigenvalue weighted by molar-refractivity contribution is 5.02. The molecule has 0 bridgehead atoms. The summed E-state index contributed by atoms with van der Waals surface area (Å²) in [6, 6.07) is 0. The van der Waals surface area contributed by atoms with Gasteiger partial charge in [0, 0.05) is 12.1 Å². The summed E-state index contributed by atoms with van der Waals surface area (Å²) in [6.07, 6.45) is 7.12. The molecule has 15 heavy (non-hydrogen) atoms. The molecular formula is C14H29N. The second-order valence-electron chi connectivity index (χ2n) is 6.28. The van der Waals surface area contributed by atoms with E-state index in [0.29, 0.717) is 5.54 Å². The van der Waals surface area contributed by atoms with Crippen molar-refractivity contribution < 1.29 is 0 Å². The second-order valence-corrected chi connectivity index (χ2v) is 6.28. The highest BCUT2D eigenvalue weighted by atomic mass is 15.2. The van der Waals surface area contributed by atoms with Gasteiger partial charge in [0.1, 0.15) is 0 Å². The van der Waals surface area contributed by atoms with Gasteiger partial charge < -0.3 is 4.90 Å². The minimum atomic E-state index is 0.610. The van der Waals surface area contributed by atoms with Crippen molar-refractivity contribution in [2.24, 2.45) is 11.8 Å². The molecule has 1 rings (SSSR count). The molecule has 1 heteroatoms. The van der Waals surface area contributed by atoms with E-state index in [9.17, 15) is 0 Å². The number of nitrogens with zero attached hydrogens (tertiary/aromatic N) is 1. The fraction of sp³-hybridized carbons (Fsp3) is 1.00. The van der Waals surface area contributed by atoms with Crippen LogP contribution in [0.2, 0.25) is 0 Å². The lowest BCUT2D eigenvalue weighted by Crippen LogP contribution is -2.36. The van der Waals surface area contributed by atoms with Crippen molar-refractivity contribution in [3.05, 3.63) is 0 Å². The highest BCUT2D eigenvalue weighted by Crippen LogP contribution is 2.45. The van der Waals surface area contributed by atoms with Crippen LogP contribution < -0.4 is 0 Å². The van der Waals surface area contributed by atoms with E-state index in [1.807, 2.05) is 0 Å². The van der Waals surface area contributed by atoms with E-state index in [0.717, 1.165) is 11.8 Å². The van der Waals surface area contributed by atoms with Gasteiger partial charge in [-0.05, 0) is 38.1 Å². The van der Waals surface area contributed by atoms with Crippen molar-refractivity contribution >= 4 is 0 Å². The van der Waals surface area contributed by atoms with Gasteiger partial charge in [-0.3, -0.25) is 0 Å². The zero-order chi connectivity index (χ0) is 11.5. The predicted molar refractivity (Wildman–Crippen MR) is 68.1 cm³/mol. The van der Waals surface area contributed by atoms with E-state index in [-0.39, 0.29) is 0 Å². The molecule has 1 saturated carbocycles. The molecule has 90 valence electrons. The molecule has 1 nitrogen and oxygen atoms in total. The van der Waals surface area contributed by atoms with Gasteiger partial charge >= 0.3 is 0 Å². The lowest BCUT2D eigenvalue weighted by Gasteiger charge is -2.29. The quantitative estimate of drug-likeness (QED) is 0.616. The first kappa shape index (κ1) is 13.0. The Morgan fingerprint density at radius 1 is 1.07 bits per heavy atom. The molecule has 0 unspecified atom stereocenters. The SMILES string of the molecule is CC(C)CCCC1(N(C)CC(C)C)CC1. The van der Waals surface area contributed by atoms with Gasteiger partial charge in [-0.1, -0.05) is 40.5 Å². The summed E-state index contributed by atoms with van der Waals surface area (Å²) in [4.78, 5) is 2.62. The Balaban J connectivity index is 2.26.